The van der Waals surface area contributed by atoms with Gasteiger partial charge in [0, 0.05) is 11.1 Å². The molecule has 0 aromatic heterocycles. The van der Waals surface area contributed by atoms with Gasteiger partial charge in [-0.2, -0.15) is 0 Å². The van der Waals surface area contributed by atoms with Gasteiger partial charge in [-0.1, -0.05) is 54.9 Å². The summed E-state index contributed by atoms with van der Waals surface area (Å²) in [5.41, 5.74) is 1.97. The van der Waals surface area contributed by atoms with E-state index < -0.39 is 0 Å². The molecule has 0 bridgehead atoms. The van der Waals surface area contributed by atoms with Crippen LogP contribution in [0.5, 0.6) is 0 Å². The molecule has 21 heavy (non-hydrogen) atoms. The van der Waals surface area contributed by atoms with Gasteiger partial charge in [0.1, 0.15) is 5.82 Å². The summed E-state index contributed by atoms with van der Waals surface area (Å²) in [6.45, 7) is 3.11. The van der Waals surface area contributed by atoms with E-state index in [2.05, 4.69) is 24.4 Å². The molecular weight excluding hydrogens is 285 g/mol. The third kappa shape index (κ3) is 4.83. The number of hydrogen-bond acceptors (Lipinski definition) is 1. The average Bonchev–Trinajstić information content (AvgIpc) is 2.50. The van der Waals surface area contributed by atoms with Crippen molar-refractivity contribution in [3.05, 3.63) is 70.5 Å². The Morgan fingerprint density at radius 1 is 1.14 bits per heavy atom. The second kappa shape index (κ2) is 8.16. The third-order valence-corrected chi connectivity index (χ3v) is 3.80. The maximum atomic E-state index is 13.9. The molecule has 0 heterocycles. The van der Waals surface area contributed by atoms with E-state index in [0.717, 1.165) is 24.9 Å². The molecule has 0 amide bonds. The predicted octanol–water partition coefficient (Wildman–Crippen LogP) is 5.15. The first-order valence-corrected chi connectivity index (χ1v) is 7.80. The molecule has 1 atom stereocenters. The number of nitrogens with one attached hydrogen (secondary N) is 1. The molecule has 3 heteroatoms. The number of aryl methyl sites for hydroxylation is 1. The highest BCUT2D eigenvalue weighted by Gasteiger charge is 2.12. The number of benzene rings is 2. The van der Waals surface area contributed by atoms with E-state index in [0.29, 0.717) is 11.4 Å². The van der Waals surface area contributed by atoms with Gasteiger partial charge in [0.2, 0.25) is 0 Å². The summed E-state index contributed by atoms with van der Waals surface area (Å²) < 4.78 is 13.9. The molecule has 0 saturated carbocycles. The molecule has 1 nitrogen and oxygen atoms in total. The lowest BCUT2D eigenvalue weighted by molar-refractivity contribution is 0.493. The lowest BCUT2D eigenvalue weighted by atomic mass is 9.98. The van der Waals surface area contributed by atoms with Crippen LogP contribution in [0.3, 0.4) is 0 Å². The molecule has 1 unspecified atom stereocenters. The first-order valence-electron chi connectivity index (χ1n) is 7.43. The summed E-state index contributed by atoms with van der Waals surface area (Å²) in [5, 5.41) is 3.98. The Hall–Kier alpha value is -1.38. The van der Waals surface area contributed by atoms with Crippen molar-refractivity contribution in [3.63, 3.8) is 0 Å². The van der Waals surface area contributed by atoms with Crippen molar-refractivity contribution in [1.29, 1.82) is 0 Å². The van der Waals surface area contributed by atoms with Crippen LogP contribution in [-0.4, -0.2) is 6.54 Å². The smallest absolute Gasteiger partial charge is 0.127 e. The summed E-state index contributed by atoms with van der Waals surface area (Å²) in [5.74, 6) is -0.218. The highest BCUT2D eigenvalue weighted by atomic mass is 35.5. The zero-order valence-corrected chi connectivity index (χ0v) is 13.0. The molecule has 0 saturated heterocycles. The van der Waals surface area contributed by atoms with Crippen molar-refractivity contribution >= 4 is 11.6 Å². The van der Waals surface area contributed by atoms with Crippen LogP contribution < -0.4 is 5.32 Å². The van der Waals surface area contributed by atoms with Crippen molar-refractivity contribution in [2.45, 2.75) is 32.2 Å². The largest absolute Gasteiger partial charge is 0.310 e. The van der Waals surface area contributed by atoms with E-state index in [1.54, 1.807) is 12.1 Å². The minimum atomic E-state index is -0.218. The van der Waals surface area contributed by atoms with E-state index in [9.17, 15) is 4.39 Å². The van der Waals surface area contributed by atoms with Crippen molar-refractivity contribution in [1.82, 2.24) is 5.32 Å². The lowest BCUT2D eigenvalue weighted by Gasteiger charge is -2.19. The topological polar surface area (TPSA) is 12.0 Å². The summed E-state index contributed by atoms with van der Waals surface area (Å²) in [6, 6.07) is 15.5. The number of rotatable bonds is 7. The van der Waals surface area contributed by atoms with Gasteiger partial charge in [-0.15, -0.1) is 0 Å². The molecular formula is C18H21ClFN. The molecule has 2 rings (SSSR count). The predicted molar refractivity (Wildman–Crippen MR) is 87.2 cm³/mol. The molecule has 2 aromatic carbocycles. The van der Waals surface area contributed by atoms with Crippen molar-refractivity contribution in [2.24, 2.45) is 0 Å². The first-order chi connectivity index (χ1) is 10.2. The summed E-state index contributed by atoms with van der Waals surface area (Å²) in [6.07, 6.45) is 2.64. The van der Waals surface area contributed by atoms with Gasteiger partial charge in [-0.3, -0.25) is 0 Å². The van der Waals surface area contributed by atoms with Crippen LogP contribution in [0.1, 0.15) is 36.9 Å². The van der Waals surface area contributed by atoms with Crippen LogP contribution in [0, 0.1) is 5.82 Å². The molecule has 1 N–H and O–H groups in total. The maximum Gasteiger partial charge on any atom is 0.127 e. The van der Waals surface area contributed by atoms with E-state index in [1.807, 2.05) is 18.2 Å². The van der Waals surface area contributed by atoms with Gasteiger partial charge in [0.05, 0.1) is 0 Å². The molecule has 0 fully saturated rings. The average molecular weight is 306 g/mol. The molecule has 0 radical (unpaired) electrons. The number of hydrogen-bond donors (Lipinski definition) is 1. The molecule has 2 aromatic rings. The maximum absolute atomic E-state index is 13.9. The van der Waals surface area contributed by atoms with Gasteiger partial charge in [0.25, 0.3) is 0 Å². The minimum Gasteiger partial charge on any atom is -0.310 e. The highest BCUT2D eigenvalue weighted by molar-refractivity contribution is 6.30. The normalized spacial score (nSPS) is 12.3. The fourth-order valence-electron chi connectivity index (χ4n) is 2.41. The Bertz CT molecular complexity index is 556. The van der Waals surface area contributed by atoms with Crippen LogP contribution in [0.4, 0.5) is 4.39 Å². The summed E-state index contributed by atoms with van der Waals surface area (Å²) >= 11 is 5.79. The Morgan fingerprint density at radius 2 is 1.90 bits per heavy atom. The van der Waals surface area contributed by atoms with Gasteiger partial charge < -0.3 is 5.32 Å². The highest BCUT2D eigenvalue weighted by Crippen LogP contribution is 2.22. The zero-order valence-electron chi connectivity index (χ0n) is 12.3. The third-order valence-electron chi connectivity index (χ3n) is 3.56. The second-order valence-electron chi connectivity index (χ2n) is 5.19. The Morgan fingerprint density at radius 3 is 2.57 bits per heavy atom. The van der Waals surface area contributed by atoms with E-state index >= 15 is 0 Å². The fourth-order valence-corrected chi connectivity index (χ4v) is 2.57. The Labute approximate surface area is 131 Å². The van der Waals surface area contributed by atoms with Gasteiger partial charge in [-0.05, 0) is 49.1 Å². The molecule has 112 valence electrons. The zero-order chi connectivity index (χ0) is 15.1. The Kier molecular flexibility index (Phi) is 6.21. The molecule has 0 aliphatic rings. The van der Waals surface area contributed by atoms with Crippen LogP contribution in [0.2, 0.25) is 5.02 Å². The van der Waals surface area contributed by atoms with Gasteiger partial charge in [0.15, 0.2) is 0 Å². The van der Waals surface area contributed by atoms with E-state index in [-0.39, 0.29) is 11.9 Å². The fraction of sp³-hybridized carbons (Fsp3) is 0.333. The van der Waals surface area contributed by atoms with Crippen molar-refractivity contribution in [2.75, 3.05) is 6.54 Å². The summed E-state index contributed by atoms with van der Waals surface area (Å²) in [7, 11) is 0. The quantitative estimate of drug-likeness (QED) is 0.745. The molecule has 0 aliphatic heterocycles. The molecule has 0 spiro atoms. The van der Waals surface area contributed by atoms with Gasteiger partial charge >= 0.3 is 0 Å². The standard InChI is InChI=1S/C18H21ClFN/c1-2-12-21-18(15-6-4-3-5-7-15)11-9-14-8-10-16(19)13-17(14)20/h3-8,10,13,18,21H,2,9,11-12H2,1H3. The van der Waals surface area contributed by atoms with E-state index in [1.165, 1.54) is 11.6 Å². The van der Waals surface area contributed by atoms with Crippen LogP contribution in [-0.2, 0) is 6.42 Å². The lowest BCUT2D eigenvalue weighted by Crippen LogP contribution is -2.22. The van der Waals surface area contributed by atoms with Crippen molar-refractivity contribution < 1.29 is 4.39 Å². The van der Waals surface area contributed by atoms with Gasteiger partial charge in [-0.25, -0.2) is 4.39 Å². The van der Waals surface area contributed by atoms with Crippen LogP contribution in [0.25, 0.3) is 0 Å². The van der Waals surface area contributed by atoms with Crippen molar-refractivity contribution in [3.8, 4) is 0 Å². The monoisotopic (exact) mass is 305 g/mol. The SMILES string of the molecule is CCCNC(CCc1ccc(Cl)cc1F)c1ccccc1. The molecule has 0 aliphatic carbocycles. The van der Waals surface area contributed by atoms with Crippen LogP contribution >= 0.6 is 11.6 Å². The first kappa shape index (κ1) is 16.0. The second-order valence-corrected chi connectivity index (χ2v) is 5.63. The minimum absolute atomic E-state index is 0.218. The number of halogens is 2. The van der Waals surface area contributed by atoms with Crippen LogP contribution in [0.15, 0.2) is 48.5 Å². The Balaban J connectivity index is 2.05. The van der Waals surface area contributed by atoms with E-state index in [4.69, 9.17) is 11.6 Å². The summed E-state index contributed by atoms with van der Waals surface area (Å²) in [4.78, 5) is 0.